The van der Waals surface area contributed by atoms with E-state index in [1.807, 2.05) is 24.3 Å². The van der Waals surface area contributed by atoms with Crippen molar-refractivity contribution >= 4 is 23.2 Å². The van der Waals surface area contributed by atoms with Crippen molar-refractivity contribution < 1.29 is 38.2 Å². The third kappa shape index (κ3) is 6.31. The molecule has 0 N–H and O–H groups in total. The summed E-state index contributed by atoms with van der Waals surface area (Å²) in [7, 11) is -0.140. The van der Waals surface area contributed by atoms with Crippen LogP contribution in [-0.2, 0) is 9.47 Å². The average Bonchev–Trinajstić information content (AvgIpc) is 2.98. The Morgan fingerprint density at radius 3 is 1.71 bits per heavy atom. The van der Waals surface area contributed by atoms with E-state index >= 15 is 0 Å². The molecule has 4 aromatic carbocycles. The van der Waals surface area contributed by atoms with E-state index in [1.165, 1.54) is 15.9 Å². The van der Waals surface area contributed by atoms with E-state index in [0.29, 0.717) is 12.5 Å². The Bertz CT molecular complexity index is 1140. The first-order valence-corrected chi connectivity index (χ1v) is 15.1. The second kappa shape index (κ2) is 13.7. The molecular weight excluding hydrogens is 602 g/mol. The maximum absolute atomic E-state index is 6.54. The van der Waals surface area contributed by atoms with Gasteiger partial charge in [-0.25, -0.2) is 0 Å². The first kappa shape index (κ1) is 28.8. The van der Waals surface area contributed by atoms with Gasteiger partial charge >= 0.3 is 0 Å². The number of rotatable bonds is 9. The zero-order valence-corrected chi connectivity index (χ0v) is 25.1. The number of hydrogen-bond acceptors (Lipinski definition) is 3. The molecule has 0 amide bonds. The lowest BCUT2D eigenvalue weighted by molar-refractivity contribution is -0.239. The molecule has 0 aromatic heterocycles. The standard InChI is InChI=1S/C33H36O3P.HI/c1-26-25-35-33(27-20-22-28(34-2)23-21-27)36-32(26)19-12-24-37(29-13-6-3-7-14-29,30-15-8-4-9-16-30)31-17-10-5-11-18-31;/h3-11,13-18,20-23,26,32-33H,12,19,24-25H2,1-2H3;1H/q+1;/p-1/t26-,32-,33?;/m1./s1. The van der Waals surface area contributed by atoms with Crippen LogP contribution in [0.1, 0.15) is 31.6 Å². The van der Waals surface area contributed by atoms with Crippen molar-refractivity contribution in [1.82, 2.24) is 0 Å². The quantitative estimate of drug-likeness (QED) is 0.208. The highest BCUT2D eigenvalue weighted by Crippen LogP contribution is 2.56. The van der Waals surface area contributed by atoms with Crippen LogP contribution in [0.3, 0.4) is 0 Å². The van der Waals surface area contributed by atoms with Crippen LogP contribution >= 0.6 is 7.26 Å². The van der Waals surface area contributed by atoms with E-state index in [0.717, 1.165) is 30.3 Å². The van der Waals surface area contributed by atoms with Crippen molar-refractivity contribution in [2.45, 2.75) is 32.2 Å². The molecule has 0 radical (unpaired) electrons. The second-order valence-corrected chi connectivity index (χ2v) is 13.4. The predicted octanol–water partition coefficient (Wildman–Crippen LogP) is 3.52. The summed E-state index contributed by atoms with van der Waals surface area (Å²) in [5.41, 5.74) is 1.04. The van der Waals surface area contributed by atoms with Gasteiger partial charge in [0.1, 0.15) is 28.9 Å². The SMILES string of the molecule is COc1ccc(C2OC[C@@H](C)[C@@H](CCC[P+](c3ccccc3)(c3ccccc3)c3ccccc3)O2)cc1.[I-]. The summed E-state index contributed by atoms with van der Waals surface area (Å²) in [6.45, 7) is 2.95. The van der Waals surface area contributed by atoms with Crippen LogP contribution in [0.4, 0.5) is 0 Å². The zero-order chi connectivity index (χ0) is 25.5. The van der Waals surface area contributed by atoms with E-state index in [9.17, 15) is 0 Å². The smallest absolute Gasteiger partial charge is 0.184 e. The van der Waals surface area contributed by atoms with Gasteiger partial charge in [0.2, 0.25) is 0 Å². The summed E-state index contributed by atoms with van der Waals surface area (Å²) in [6.07, 6.45) is 3.02. The number of ether oxygens (including phenoxy) is 3. The molecule has 0 aliphatic carbocycles. The van der Waals surface area contributed by atoms with E-state index in [2.05, 4.69) is 97.9 Å². The maximum Gasteiger partial charge on any atom is 0.184 e. The summed E-state index contributed by atoms with van der Waals surface area (Å²) < 4.78 is 17.9. The monoisotopic (exact) mass is 638 g/mol. The van der Waals surface area contributed by atoms with Gasteiger partial charge in [-0.3, -0.25) is 0 Å². The van der Waals surface area contributed by atoms with Crippen molar-refractivity contribution in [3.05, 3.63) is 121 Å². The number of hydrogen-bond donors (Lipinski definition) is 0. The minimum atomic E-state index is -1.82. The summed E-state index contributed by atoms with van der Waals surface area (Å²) in [4.78, 5) is 0. The Hall–Kier alpha value is -2.24. The molecule has 1 saturated heterocycles. The van der Waals surface area contributed by atoms with Crippen LogP contribution in [0.2, 0.25) is 0 Å². The third-order valence-electron chi connectivity index (χ3n) is 7.40. The Balaban J connectivity index is 0.00000336. The molecule has 4 aromatic rings. The van der Waals surface area contributed by atoms with Gasteiger partial charge < -0.3 is 38.2 Å². The van der Waals surface area contributed by atoms with Gasteiger partial charge in [0.15, 0.2) is 6.29 Å². The molecule has 1 unspecified atom stereocenters. The van der Waals surface area contributed by atoms with E-state index < -0.39 is 7.26 Å². The number of benzene rings is 4. The second-order valence-electron chi connectivity index (χ2n) is 9.77. The Labute approximate surface area is 244 Å². The highest BCUT2D eigenvalue weighted by atomic mass is 127. The predicted molar refractivity (Wildman–Crippen MR) is 155 cm³/mol. The average molecular weight is 639 g/mol. The summed E-state index contributed by atoms with van der Waals surface area (Å²) in [6, 6.07) is 41.4. The molecule has 1 aliphatic heterocycles. The first-order valence-electron chi connectivity index (χ1n) is 13.2. The number of methoxy groups -OCH3 is 1. The van der Waals surface area contributed by atoms with Crippen LogP contribution in [0.15, 0.2) is 115 Å². The van der Waals surface area contributed by atoms with Crippen LogP contribution < -0.4 is 44.6 Å². The summed E-state index contributed by atoms with van der Waals surface area (Å²) in [5.74, 6) is 1.19. The Kier molecular flexibility index (Phi) is 10.4. The Morgan fingerprint density at radius 1 is 0.737 bits per heavy atom. The van der Waals surface area contributed by atoms with Gasteiger partial charge in [-0.1, -0.05) is 73.7 Å². The fourth-order valence-corrected chi connectivity index (χ4v) is 9.75. The molecule has 1 aliphatic rings. The van der Waals surface area contributed by atoms with Gasteiger partial charge in [0.05, 0.1) is 26.0 Å². The molecule has 5 heteroatoms. The molecule has 38 heavy (non-hydrogen) atoms. The molecule has 0 bridgehead atoms. The fraction of sp³-hybridized carbons (Fsp3) is 0.273. The molecule has 1 fully saturated rings. The molecular formula is C33H36IO3P. The van der Waals surface area contributed by atoms with Crippen LogP contribution in [0, 0.1) is 5.92 Å². The summed E-state index contributed by atoms with van der Waals surface area (Å²) in [5, 5.41) is 4.30. The van der Waals surface area contributed by atoms with Gasteiger partial charge in [0.25, 0.3) is 0 Å². The highest BCUT2D eigenvalue weighted by molar-refractivity contribution is 7.95. The van der Waals surface area contributed by atoms with Crippen molar-refractivity contribution in [3.8, 4) is 5.75 Å². The first-order chi connectivity index (χ1) is 18.2. The minimum Gasteiger partial charge on any atom is -1.00 e. The lowest BCUT2D eigenvalue weighted by atomic mass is 10.00. The molecule has 5 rings (SSSR count). The number of halogens is 1. The lowest BCUT2D eigenvalue weighted by Crippen LogP contribution is -3.00. The lowest BCUT2D eigenvalue weighted by Gasteiger charge is -2.36. The minimum absolute atomic E-state index is 0. The van der Waals surface area contributed by atoms with Crippen LogP contribution in [-0.4, -0.2) is 26.0 Å². The van der Waals surface area contributed by atoms with Gasteiger partial charge in [-0.2, -0.15) is 0 Å². The van der Waals surface area contributed by atoms with Crippen molar-refractivity contribution in [1.29, 1.82) is 0 Å². The molecule has 0 spiro atoms. The fourth-order valence-electron chi connectivity index (χ4n) is 5.38. The normalized spacial score (nSPS) is 19.4. The maximum atomic E-state index is 6.54. The molecule has 0 saturated carbocycles. The van der Waals surface area contributed by atoms with Gasteiger partial charge in [-0.15, -0.1) is 0 Å². The molecule has 198 valence electrons. The van der Waals surface area contributed by atoms with Crippen molar-refractivity contribution in [3.63, 3.8) is 0 Å². The summed E-state index contributed by atoms with van der Waals surface area (Å²) >= 11 is 0. The molecule has 3 atom stereocenters. The largest absolute Gasteiger partial charge is 1.00 e. The van der Waals surface area contributed by atoms with Crippen molar-refractivity contribution in [2.24, 2.45) is 5.92 Å². The highest BCUT2D eigenvalue weighted by Gasteiger charge is 2.45. The van der Waals surface area contributed by atoms with E-state index in [-0.39, 0.29) is 36.4 Å². The van der Waals surface area contributed by atoms with Gasteiger partial charge in [0, 0.05) is 11.5 Å². The zero-order valence-electron chi connectivity index (χ0n) is 22.1. The van der Waals surface area contributed by atoms with E-state index in [4.69, 9.17) is 14.2 Å². The topological polar surface area (TPSA) is 27.7 Å². The molecule has 3 nitrogen and oxygen atoms in total. The third-order valence-corrected chi connectivity index (χ3v) is 11.9. The Morgan fingerprint density at radius 2 is 1.24 bits per heavy atom. The van der Waals surface area contributed by atoms with Crippen LogP contribution in [0.5, 0.6) is 5.75 Å². The van der Waals surface area contributed by atoms with Crippen molar-refractivity contribution in [2.75, 3.05) is 19.9 Å². The van der Waals surface area contributed by atoms with E-state index in [1.54, 1.807) is 7.11 Å². The van der Waals surface area contributed by atoms with Gasteiger partial charge in [-0.05, 0) is 61.4 Å². The van der Waals surface area contributed by atoms with Crippen LogP contribution in [0.25, 0.3) is 0 Å². The molecule has 1 heterocycles.